The Kier molecular flexibility index (Phi) is 5.34. The first-order valence-corrected chi connectivity index (χ1v) is 8.45. The van der Waals surface area contributed by atoms with Gasteiger partial charge in [-0.3, -0.25) is 9.69 Å². The molecule has 2 aromatic rings. The molecule has 0 saturated carbocycles. The predicted octanol–water partition coefficient (Wildman–Crippen LogP) is 3.72. The van der Waals surface area contributed by atoms with Crippen LogP contribution in [0.3, 0.4) is 0 Å². The number of likely N-dealkylation sites (tertiary alicyclic amines) is 1. The van der Waals surface area contributed by atoms with Crippen LogP contribution in [0.2, 0.25) is 0 Å². The summed E-state index contributed by atoms with van der Waals surface area (Å²) in [5.74, 6) is -1.36. The molecule has 1 saturated heterocycles. The zero-order chi connectivity index (χ0) is 17.8. The summed E-state index contributed by atoms with van der Waals surface area (Å²) in [6, 6.07) is 14.6. The van der Waals surface area contributed by atoms with E-state index in [2.05, 4.69) is 4.90 Å². The third-order valence-corrected chi connectivity index (χ3v) is 4.77. The molecule has 1 N–H and O–H groups in total. The summed E-state index contributed by atoms with van der Waals surface area (Å²) in [6.45, 7) is 1.25. The highest BCUT2D eigenvalue weighted by molar-refractivity contribution is 5.70. The van der Waals surface area contributed by atoms with Gasteiger partial charge in [0.2, 0.25) is 0 Å². The third kappa shape index (κ3) is 3.82. The van der Waals surface area contributed by atoms with Crippen molar-refractivity contribution >= 4 is 5.97 Å². The molecule has 0 aliphatic carbocycles. The molecule has 1 aliphatic heterocycles. The van der Waals surface area contributed by atoms with Gasteiger partial charge in [-0.25, -0.2) is 4.39 Å². The summed E-state index contributed by atoms with van der Waals surface area (Å²) < 4.78 is 19.3. The smallest absolute Gasteiger partial charge is 0.307 e. The van der Waals surface area contributed by atoms with Crippen molar-refractivity contribution in [2.45, 2.75) is 18.9 Å². The number of rotatable bonds is 5. The molecule has 1 fully saturated rings. The summed E-state index contributed by atoms with van der Waals surface area (Å²) in [5.41, 5.74) is 1.83. The van der Waals surface area contributed by atoms with E-state index in [1.165, 1.54) is 13.2 Å². The van der Waals surface area contributed by atoms with E-state index in [1.807, 2.05) is 36.4 Å². The van der Waals surface area contributed by atoms with Crippen molar-refractivity contribution in [2.75, 3.05) is 20.2 Å². The lowest BCUT2D eigenvalue weighted by atomic mass is 9.91. The molecule has 5 heteroatoms. The molecule has 0 radical (unpaired) electrons. The lowest BCUT2D eigenvalue weighted by Crippen LogP contribution is -2.41. The van der Waals surface area contributed by atoms with E-state index in [4.69, 9.17) is 4.74 Å². The van der Waals surface area contributed by atoms with Crippen LogP contribution in [0, 0.1) is 11.7 Å². The van der Waals surface area contributed by atoms with Gasteiger partial charge in [-0.15, -0.1) is 0 Å². The van der Waals surface area contributed by atoms with Gasteiger partial charge in [0.1, 0.15) is 0 Å². The van der Waals surface area contributed by atoms with Crippen LogP contribution < -0.4 is 4.74 Å². The van der Waals surface area contributed by atoms with E-state index in [0.29, 0.717) is 13.0 Å². The number of ether oxygens (including phenoxy) is 1. The first-order valence-electron chi connectivity index (χ1n) is 8.45. The molecule has 2 unspecified atom stereocenters. The van der Waals surface area contributed by atoms with Crippen molar-refractivity contribution in [3.63, 3.8) is 0 Å². The average Bonchev–Trinajstić information content (AvgIpc) is 2.63. The highest BCUT2D eigenvalue weighted by atomic mass is 19.1. The minimum absolute atomic E-state index is 0.177. The molecule has 25 heavy (non-hydrogen) atoms. The summed E-state index contributed by atoms with van der Waals surface area (Å²) in [5, 5.41) is 9.39. The number of carboxylic acids is 1. The van der Waals surface area contributed by atoms with Crippen LogP contribution in [0.15, 0.2) is 48.5 Å². The van der Waals surface area contributed by atoms with Crippen molar-refractivity contribution in [3.8, 4) is 5.75 Å². The number of aliphatic carboxylic acids is 1. The lowest BCUT2D eigenvalue weighted by Gasteiger charge is -2.37. The highest BCUT2D eigenvalue weighted by Gasteiger charge is 2.31. The minimum atomic E-state index is -0.766. The van der Waals surface area contributed by atoms with Gasteiger partial charge in [-0.2, -0.15) is 0 Å². The fourth-order valence-corrected chi connectivity index (χ4v) is 3.54. The maximum absolute atomic E-state index is 14.3. The molecule has 0 aromatic heterocycles. The maximum Gasteiger partial charge on any atom is 0.307 e. The zero-order valence-electron chi connectivity index (χ0n) is 14.2. The predicted molar refractivity (Wildman–Crippen MR) is 93.2 cm³/mol. The van der Waals surface area contributed by atoms with E-state index in [9.17, 15) is 14.3 Å². The highest BCUT2D eigenvalue weighted by Crippen LogP contribution is 2.34. The second-order valence-electron chi connectivity index (χ2n) is 6.38. The molecule has 1 aliphatic rings. The van der Waals surface area contributed by atoms with Crippen LogP contribution in [-0.2, 0) is 4.79 Å². The van der Waals surface area contributed by atoms with E-state index < -0.39 is 11.8 Å². The number of piperidine rings is 1. The van der Waals surface area contributed by atoms with Gasteiger partial charge in [0, 0.05) is 6.54 Å². The minimum Gasteiger partial charge on any atom is -0.494 e. The molecule has 0 spiro atoms. The molecule has 2 atom stereocenters. The number of hydrogen-bond acceptors (Lipinski definition) is 3. The number of benzene rings is 2. The Morgan fingerprint density at radius 3 is 2.64 bits per heavy atom. The number of carbonyl (C=O) groups is 1. The number of methoxy groups -OCH3 is 1. The van der Waals surface area contributed by atoms with Crippen LogP contribution >= 0.6 is 0 Å². The summed E-state index contributed by atoms with van der Waals surface area (Å²) in [7, 11) is 1.44. The van der Waals surface area contributed by atoms with Crippen LogP contribution in [-0.4, -0.2) is 36.2 Å². The van der Waals surface area contributed by atoms with Crippen LogP contribution in [0.5, 0.6) is 5.75 Å². The first kappa shape index (κ1) is 17.4. The van der Waals surface area contributed by atoms with Crippen molar-refractivity contribution in [2.24, 2.45) is 5.92 Å². The fourth-order valence-electron chi connectivity index (χ4n) is 3.54. The maximum atomic E-state index is 14.3. The SMILES string of the molecule is COc1ccc(C(c2ccccc2)N2CCCC(C(=O)O)C2)cc1F. The summed E-state index contributed by atoms with van der Waals surface area (Å²) in [6.07, 6.45) is 1.50. The van der Waals surface area contributed by atoms with Gasteiger partial charge in [-0.05, 0) is 42.6 Å². The molecular formula is C20H22FNO3. The normalized spacial score (nSPS) is 19.4. The van der Waals surface area contributed by atoms with Crippen LogP contribution in [0.4, 0.5) is 4.39 Å². The number of nitrogens with zero attached hydrogens (tertiary/aromatic N) is 1. The number of halogens is 1. The Labute approximate surface area is 146 Å². The molecule has 2 aromatic carbocycles. The van der Waals surface area contributed by atoms with Crippen molar-refractivity contribution in [3.05, 3.63) is 65.5 Å². The lowest BCUT2D eigenvalue weighted by molar-refractivity contribution is -0.143. The quantitative estimate of drug-likeness (QED) is 0.899. The van der Waals surface area contributed by atoms with Crippen molar-refractivity contribution < 1.29 is 19.0 Å². The molecular weight excluding hydrogens is 321 g/mol. The van der Waals surface area contributed by atoms with Gasteiger partial charge in [0.25, 0.3) is 0 Å². The monoisotopic (exact) mass is 343 g/mol. The van der Waals surface area contributed by atoms with E-state index >= 15 is 0 Å². The second kappa shape index (κ2) is 7.66. The van der Waals surface area contributed by atoms with Crippen LogP contribution in [0.25, 0.3) is 0 Å². The standard InChI is InChI=1S/C20H22FNO3/c1-25-18-10-9-15(12-17(18)21)19(14-6-3-2-4-7-14)22-11-5-8-16(13-22)20(23)24/h2-4,6-7,9-10,12,16,19H,5,8,11,13H2,1H3,(H,23,24). The van der Waals surface area contributed by atoms with E-state index in [1.54, 1.807) is 6.07 Å². The zero-order valence-corrected chi connectivity index (χ0v) is 14.2. The fraction of sp³-hybridized carbons (Fsp3) is 0.350. The van der Waals surface area contributed by atoms with Crippen LogP contribution in [0.1, 0.15) is 30.0 Å². The van der Waals surface area contributed by atoms with Gasteiger partial charge >= 0.3 is 5.97 Å². The Balaban J connectivity index is 1.98. The Morgan fingerprint density at radius 2 is 2.00 bits per heavy atom. The summed E-state index contributed by atoms with van der Waals surface area (Å²) in [4.78, 5) is 13.6. The second-order valence-corrected chi connectivity index (χ2v) is 6.38. The van der Waals surface area contributed by atoms with E-state index in [0.717, 1.165) is 24.1 Å². The summed E-state index contributed by atoms with van der Waals surface area (Å²) >= 11 is 0. The van der Waals surface area contributed by atoms with Gasteiger partial charge in [0.15, 0.2) is 11.6 Å². The molecule has 4 nitrogen and oxygen atoms in total. The Bertz CT molecular complexity index is 735. The number of hydrogen-bond donors (Lipinski definition) is 1. The Morgan fingerprint density at radius 1 is 1.24 bits per heavy atom. The molecule has 0 amide bonds. The van der Waals surface area contributed by atoms with Crippen molar-refractivity contribution in [1.29, 1.82) is 0 Å². The largest absolute Gasteiger partial charge is 0.494 e. The molecule has 132 valence electrons. The Hall–Kier alpha value is -2.40. The van der Waals surface area contributed by atoms with Gasteiger partial charge in [-0.1, -0.05) is 36.4 Å². The van der Waals surface area contributed by atoms with Gasteiger partial charge in [0.05, 0.1) is 19.1 Å². The molecule has 0 bridgehead atoms. The molecule has 1 heterocycles. The first-order chi connectivity index (χ1) is 12.1. The topological polar surface area (TPSA) is 49.8 Å². The van der Waals surface area contributed by atoms with E-state index in [-0.39, 0.29) is 17.7 Å². The number of carboxylic acid groups (broad SMARTS) is 1. The molecule has 3 rings (SSSR count). The van der Waals surface area contributed by atoms with Crippen molar-refractivity contribution in [1.82, 2.24) is 4.90 Å². The van der Waals surface area contributed by atoms with Gasteiger partial charge < -0.3 is 9.84 Å². The average molecular weight is 343 g/mol. The third-order valence-electron chi connectivity index (χ3n) is 4.77.